The number of nitrogens with one attached hydrogen (secondary N) is 1. The molecule has 0 aliphatic heterocycles. The maximum absolute atomic E-state index is 12.1. The van der Waals surface area contributed by atoms with Gasteiger partial charge in [-0.2, -0.15) is 0 Å². The predicted octanol–water partition coefficient (Wildman–Crippen LogP) is 2.17. The van der Waals surface area contributed by atoms with E-state index in [0.717, 1.165) is 24.8 Å². The fraction of sp³-hybridized carbons (Fsp3) is 0.750. The van der Waals surface area contributed by atoms with Crippen LogP contribution in [0.2, 0.25) is 0 Å². The molecule has 2 aliphatic rings. The summed E-state index contributed by atoms with van der Waals surface area (Å²) < 4.78 is 1.92. The minimum Gasteiger partial charge on any atom is -0.299 e. The summed E-state index contributed by atoms with van der Waals surface area (Å²) in [4.78, 5) is 12.1. The standard InChI is InChI=1S/C12H18N2O/c15-12-10-7-4-8-11(10)13-14(12)9-5-2-1-3-6-9/h9,13H,1-8H2. The van der Waals surface area contributed by atoms with E-state index >= 15 is 0 Å². The third-order valence-electron chi connectivity index (χ3n) is 3.89. The van der Waals surface area contributed by atoms with Crippen molar-refractivity contribution in [3.05, 3.63) is 21.6 Å². The molecule has 0 saturated heterocycles. The lowest BCUT2D eigenvalue weighted by atomic mass is 9.96. The molecule has 82 valence electrons. The van der Waals surface area contributed by atoms with Gasteiger partial charge in [-0.1, -0.05) is 19.3 Å². The lowest BCUT2D eigenvalue weighted by molar-refractivity contribution is 0.321. The van der Waals surface area contributed by atoms with E-state index in [1.54, 1.807) is 0 Å². The molecule has 0 bridgehead atoms. The molecule has 1 aromatic heterocycles. The Bertz CT molecular complexity index is 410. The molecule has 3 heteroatoms. The van der Waals surface area contributed by atoms with E-state index < -0.39 is 0 Å². The summed E-state index contributed by atoms with van der Waals surface area (Å²) in [6.45, 7) is 0. The van der Waals surface area contributed by atoms with Crippen LogP contribution in [-0.4, -0.2) is 9.78 Å². The fourth-order valence-corrected chi connectivity index (χ4v) is 3.04. The molecular formula is C12H18N2O. The molecule has 1 N–H and O–H groups in total. The zero-order valence-corrected chi connectivity index (χ0v) is 9.09. The summed E-state index contributed by atoms with van der Waals surface area (Å²) in [6.07, 6.45) is 9.47. The van der Waals surface area contributed by atoms with Gasteiger partial charge in [0.25, 0.3) is 5.56 Å². The lowest BCUT2D eigenvalue weighted by Crippen LogP contribution is -2.25. The summed E-state index contributed by atoms with van der Waals surface area (Å²) >= 11 is 0. The maximum atomic E-state index is 12.1. The van der Waals surface area contributed by atoms with Gasteiger partial charge in [-0.05, 0) is 32.1 Å². The molecule has 1 fully saturated rings. The van der Waals surface area contributed by atoms with Gasteiger partial charge in [-0.15, -0.1) is 0 Å². The number of aromatic nitrogens is 2. The Morgan fingerprint density at radius 3 is 2.60 bits per heavy atom. The maximum Gasteiger partial charge on any atom is 0.270 e. The van der Waals surface area contributed by atoms with Crippen LogP contribution in [0.4, 0.5) is 0 Å². The van der Waals surface area contributed by atoms with E-state index in [9.17, 15) is 4.79 Å². The second kappa shape index (κ2) is 3.54. The van der Waals surface area contributed by atoms with E-state index in [0.29, 0.717) is 6.04 Å². The summed E-state index contributed by atoms with van der Waals surface area (Å²) in [5.74, 6) is 0. The second-order valence-corrected chi connectivity index (χ2v) is 4.89. The van der Waals surface area contributed by atoms with Gasteiger partial charge in [0.15, 0.2) is 0 Å². The van der Waals surface area contributed by atoms with Crippen LogP contribution in [-0.2, 0) is 12.8 Å². The van der Waals surface area contributed by atoms with E-state index in [-0.39, 0.29) is 5.56 Å². The third-order valence-corrected chi connectivity index (χ3v) is 3.89. The van der Waals surface area contributed by atoms with Crippen LogP contribution in [0.5, 0.6) is 0 Å². The van der Waals surface area contributed by atoms with Crippen molar-refractivity contribution in [1.29, 1.82) is 0 Å². The molecule has 0 atom stereocenters. The molecule has 1 heterocycles. The van der Waals surface area contributed by atoms with Crippen LogP contribution in [0.15, 0.2) is 4.79 Å². The zero-order valence-electron chi connectivity index (χ0n) is 9.09. The first-order valence-corrected chi connectivity index (χ1v) is 6.18. The minimum atomic E-state index is 0.273. The van der Waals surface area contributed by atoms with Gasteiger partial charge in [0, 0.05) is 11.3 Å². The highest BCUT2D eigenvalue weighted by Crippen LogP contribution is 2.27. The number of hydrogen-bond acceptors (Lipinski definition) is 1. The molecule has 2 aliphatic carbocycles. The number of aromatic amines is 1. The molecule has 3 rings (SSSR count). The fourth-order valence-electron chi connectivity index (χ4n) is 3.04. The van der Waals surface area contributed by atoms with Crippen molar-refractivity contribution in [3.63, 3.8) is 0 Å². The largest absolute Gasteiger partial charge is 0.299 e. The van der Waals surface area contributed by atoms with Crippen molar-refractivity contribution in [2.45, 2.75) is 57.4 Å². The summed E-state index contributed by atoms with van der Waals surface area (Å²) in [5, 5.41) is 3.34. The number of aryl methyl sites for hydroxylation is 1. The topological polar surface area (TPSA) is 37.8 Å². The van der Waals surface area contributed by atoms with E-state index in [2.05, 4.69) is 5.10 Å². The normalized spacial score (nSPS) is 21.9. The van der Waals surface area contributed by atoms with Crippen LogP contribution in [0.3, 0.4) is 0 Å². The Hall–Kier alpha value is -0.990. The molecule has 3 nitrogen and oxygen atoms in total. The monoisotopic (exact) mass is 206 g/mol. The molecule has 0 aromatic carbocycles. The van der Waals surface area contributed by atoms with Crippen LogP contribution >= 0.6 is 0 Å². The highest BCUT2D eigenvalue weighted by Gasteiger charge is 2.23. The number of H-pyrrole nitrogens is 1. The Morgan fingerprint density at radius 1 is 1.07 bits per heavy atom. The summed E-state index contributed by atoms with van der Waals surface area (Å²) in [5.41, 5.74) is 2.56. The van der Waals surface area contributed by atoms with Gasteiger partial charge in [-0.3, -0.25) is 9.89 Å². The van der Waals surface area contributed by atoms with Crippen LogP contribution < -0.4 is 5.56 Å². The number of nitrogens with zero attached hydrogens (tertiary/aromatic N) is 1. The molecule has 0 radical (unpaired) electrons. The first kappa shape index (κ1) is 9.25. The second-order valence-electron chi connectivity index (χ2n) is 4.89. The third kappa shape index (κ3) is 1.45. The van der Waals surface area contributed by atoms with Gasteiger partial charge >= 0.3 is 0 Å². The van der Waals surface area contributed by atoms with Crippen molar-refractivity contribution < 1.29 is 0 Å². The van der Waals surface area contributed by atoms with Crippen molar-refractivity contribution >= 4 is 0 Å². The number of fused-ring (bicyclic) bond motifs is 1. The minimum absolute atomic E-state index is 0.273. The first-order valence-electron chi connectivity index (χ1n) is 6.18. The van der Waals surface area contributed by atoms with Gasteiger partial charge in [0.2, 0.25) is 0 Å². The smallest absolute Gasteiger partial charge is 0.270 e. The Labute approximate surface area is 89.5 Å². The summed E-state index contributed by atoms with van der Waals surface area (Å²) in [6, 6.07) is 0.455. The van der Waals surface area contributed by atoms with Crippen LogP contribution in [0.25, 0.3) is 0 Å². The predicted molar refractivity (Wildman–Crippen MR) is 59.2 cm³/mol. The summed E-state index contributed by atoms with van der Waals surface area (Å²) in [7, 11) is 0. The molecular weight excluding hydrogens is 188 g/mol. The molecule has 0 amide bonds. The van der Waals surface area contributed by atoms with E-state index in [4.69, 9.17) is 0 Å². The van der Waals surface area contributed by atoms with E-state index in [1.165, 1.54) is 37.8 Å². The molecule has 0 unspecified atom stereocenters. The van der Waals surface area contributed by atoms with Crippen molar-refractivity contribution in [2.75, 3.05) is 0 Å². The molecule has 1 aromatic rings. The molecule has 1 saturated carbocycles. The average molecular weight is 206 g/mol. The van der Waals surface area contributed by atoms with Crippen LogP contribution in [0.1, 0.15) is 55.8 Å². The van der Waals surface area contributed by atoms with E-state index in [1.807, 2.05) is 4.68 Å². The Morgan fingerprint density at radius 2 is 1.87 bits per heavy atom. The quantitative estimate of drug-likeness (QED) is 0.751. The van der Waals surface area contributed by atoms with Crippen LogP contribution in [0, 0.1) is 0 Å². The van der Waals surface area contributed by atoms with Gasteiger partial charge in [-0.25, -0.2) is 4.68 Å². The van der Waals surface area contributed by atoms with Gasteiger partial charge in [0.05, 0.1) is 6.04 Å². The highest BCUT2D eigenvalue weighted by atomic mass is 16.1. The Kier molecular flexibility index (Phi) is 2.19. The Balaban J connectivity index is 1.95. The number of rotatable bonds is 1. The average Bonchev–Trinajstić information content (AvgIpc) is 2.83. The lowest BCUT2D eigenvalue weighted by Gasteiger charge is -2.22. The van der Waals surface area contributed by atoms with Crippen molar-refractivity contribution in [3.8, 4) is 0 Å². The van der Waals surface area contributed by atoms with Crippen molar-refractivity contribution in [1.82, 2.24) is 9.78 Å². The van der Waals surface area contributed by atoms with Crippen molar-refractivity contribution in [2.24, 2.45) is 0 Å². The number of hydrogen-bond donors (Lipinski definition) is 1. The molecule has 15 heavy (non-hydrogen) atoms. The first-order chi connectivity index (χ1) is 7.36. The SMILES string of the molecule is O=c1c2c([nH]n1C1CCCCC1)CCC2. The molecule has 0 spiro atoms. The zero-order chi connectivity index (χ0) is 10.3. The highest BCUT2D eigenvalue weighted by molar-refractivity contribution is 5.22. The van der Waals surface area contributed by atoms with Gasteiger partial charge in [0.1, 0.15) is 0 Å². The van der Waals surface area contributed by atoms with Gasteiger partial charge < -0.3 is 0 Å².